The summed E-state index contributed by atoms with van der Waals surface area (Å²) in [5.74, 6) is 0.861. The van der Waals surface area contributed by atoms with Crippen molar-refractivity contribution >= 4 is 0 Å². The molecule has 0 radical (unpaired) electrons. The van der Waals surface area contributed by atoms with E-state index in [0.29, 0.717) is 6.61 Å². The zero-order valence-electron chi connectivity index (χ0n) is 11.8. The quantitative estimate of drug-likeness (QED) is 0.687. The lowest BCUT2D eigenvalue weighted by molar-refractivity contribution is 0.0417. The van der Waals surface area contributed by atoms with E-state index < -0.39 is 0 Å². The van der Waals surface area contributed by atoms with E-state index in [1.807, 2.05) is 48.5 Å². The summed E-state index contributed by atoms with van der Waals surface area (Å²) in [5, 5.41) is 0. The van der Waals surface area contributed by atoms with Gasteiger partial charge in [-0.25, -0.2) is 0 Å². The Morgan fingerprint density at radius 2 is 1.75 bits per heavy atom. The molecule has 2 rings (SSSR count). The minimum Gasteiger partial charge on any atom is -0.497 e. The molecule has 0 spiro atoms. The van der Waals surface area contributed by atoms with Crippen LogP contribution < -0.4 is 4.74 Å². The highest BCUT2D eigenvalue weighted by Gasteiger charge is 2.10. The molecular weight excluding hydrogens is 248 g/mol. The summed E-state index contributed by atoms with van der Waals surface area (Å²) in [6.07, 6.45) is 2.75. The Hall–Kier alpha value is -2.06. The molecule has 0 amide bonds. The van der Waals surface area contributed by atoms with Gasteiger partial charge in [0.2, 0.25) is 0 Å². The van der Waals surface area contributed by atoms with E-state index >= 15 is 0 Å². The monoisotopic (exact) mass is 268 g/mol. The summed E-state index contributed by atoms with van der Waals surface area (Å²) >= 11 is 0. The van der Waals surface area contributed by atoms with Gasteiger partial charge in [-0.3, -0.25) is 0 Å². The smallest absolute Gasteiger partial charge is 0.118 e. The Balaban J connectivity index is 1.99. The Bertz CT molecular complexity index is 517. The van der Waals surface area contributed by atoms with Gasteiger partial charge in [-0.05, 0) is 29.7 Å². The Kier molecular flexibility index (Phi) is 5.39. The standard InChI is InChI=1S/C18H20O2/c1-3-7-18(16-8-5-4-6-9-16)20-14-15-10-12-17(19-2)13-11-15/h3-6,8-13,18H,1,7,14H2,2H3/t18-/m0/s1. The number of hydrogen-bond acceptors (Lipinski definition) is 2. The van der Waals surface area contributed by atoms with Gasteiger partial charge in [0.15, 0.2) is 0 Å². The summed E-state index contributed by atoms with van der Waals surface area (Å²) in [4.78, 5) is 0. The van der Waals surface area contributed by atoms with E-state index in [1.165, 1.54) is 5.56 Å². The lowest BCUT2D eigenvalue weighted by Crippen LogP contribution is -2.03. The predicted octanol–water partition coefficient (Wildman–Crippen LogP) is 4.53. The molecule has 20 heavy (non-hydrogen) atoms. The second-order valence-electron chi connectivity index (χ2n) is 4.58. The van der Waals surface area contributed by atoms with Crippen LogP contribution in [0, 0.1) is 0 Å². The summed E-state index contributed by atoms with van der Waals surface area (Å²) < 4.78 is 11.2. The Morgan fingerprint density at radius 3 is 2.35 bits per heavy atom. The third kappa shape index (κ3) is 3.97. The minimum absolute atomic E-state index is 0.0517. The van der Waals surface area contributed by atoms with Crippen molar-refractivity contribution in [2.75, 3.05) is 7.11 Å². The number of methoxy groups -OCH3 is 1. The average Bonchev–Trinajstić information content (AvgIpc) is 2.53. The molecule has 0 N–H and O–H groups in total. The van der Waals surface area contributed by atoms with Gasteiger partial charge >= 0.3 is 0 Å². The SMILES string of the molecule is C=CC[C@H](OCc1ccc(OC)cc1)c1ccccc1. The van der Waals surface area contributed by atoms with Crippen LogP contribution in [0.5, 0.6) is 5.75 Å². The summed E-state index contributed by atoms with van der Waals surface area (Å²) in [5.41, 5.74) is 2.32. The molecule has 0 heterocycles. The fourth-order valence-electron chi connectivity index (χ4n) is 2.04. The van der Waals surface area contributed by atoms with Gasteiger partial charge in [-0.2, -0.15) is 0 Å². The molecule has 0 saturated carbocycles. The highest BCUT2D eigenvalue weighted by atomic mass is 16.5. The highest BCUT2D eigenvalue weighted by molar-refractivity contribution is 5.27. The fourth-order valence-corrected chi connectivity index (χ4v) is 2.04. The first-order chi connectivity index (χ1) is 9.83. The summed E-state index contributed by atoms with van der Waals surface area (Å²) in [6.45, 7) is 4.39. The molecular formula is C18H20O2. The molecule has 104 valence electrons. The number of ether oxygens (including phenoxy) is 2. The molecule has 2 nitrogen and oxygen atoms in total. The van der Waals surface area contributed by atoms with Crippen molar-refractivity contribution in [1.82, 2.24) is 0 Å². The second-order valence-corrected chi connectivity index (χ2v) is 4.58. The van der Waals surface area contributed by atoms with E-state index in [-0.39, 0.29) is 6.10 Å². The van der Waals surface area contributed by atoms with Crippen LogP contribution in [-0.2, 0) is 11.3 Å². The lowest BCUT2D eigenvalue weighted by atomic mass is 10.1. The summed E-state index contributed by atoms with van der Waals surface area (Å²) in [6, 6.07) is 18.2. The fraction of sp³-hybridized carbons (Fsp3) is 0.222. The zero-order valence-corrected chi connectivity index (χ0v) is 11.8. The zero-order chi connectivity index (χ0) is 14.2. The average molecular weight is 268 g/mol. The van der Waals surface area contributed by atoms with Gasteiger partial charge in [-0.15, -0.1) is 6.58 Å². The topological polar surface area (TPSA) is 18.5 Å². The van der Waals surface area contributed by atoms with Crippen LogP contribution >= 0.6 is 0 Å². The largest absolute Gasteiger partial charge is 0.497 e. The van der Waals surface area contributed by atoms with Crippen LogP contribution in [0.3, 0.4) is 0 Å². The van der Waals surface area contributed by atoms with Gasteiger partial charge in [0.25, 0.3) is 0 Å². The highest BCUT2D eigenvalue weighted by Crippen LogP contribution is 2.23. The van der Waals surface area contributed by atoms with E-state index in [1.54, 1.807) is 7.11 Å². The maximum absolute atomic E-state index is 6.02. The molecule has 2 aromatic rings. The van der Waals surface area contributed by atoms with Crippen LogP contribution in [-0.4, -0.2) is 7.11 Å². The number of benzene rings is 2. The van der Waals surface area contributed by atoms with Gasteiger partial charge in [-0.1, -0.05) is 48.5 Å². The molecule has 2 heteroatoms. The van der Waals surface area contributed by atoms with Gasteiger partial charge < -0.3 is 9.47 Å². The second kappa shape index (κ2) is 7.51. The van der Waals surface area contributed by atoms with Crippen LogP contribution in [0.25, 0.3) is 0 Å². The van der Waals surface area contributed by atoms with E-state index in [2.05, 4.69) is 18.7 Å². The van der Waals surface area contributed by atoms with Crippen LogP contribution in [0.4, 0.5) is 0 Å². The van der Waals surface area contributed by atoms with Crippen molar-refractivity contribution in [3.63, 3.8) is 0 Å². The van der Waals surface area contributed by atoms with E-state index in [0.717, 1.165) is 17.7 Å². The number of rotatable bonds is 7. The molecule has 0 bridgehead atoms. The molecule has 0 aliphatic rings. The van der Waals surface area contributed by atoms with Crippen LogP contribution in [0.15, 0.2) is 67.3 Å². The van der Waals surface area contributed by atoms with Crippen molar-refractivity contribution < 1.29 is 9.47 Å². The van der Waals surface area contributed by atoms with Crippen LogP contribution in [0.2, 0.25) is 0 Å². The van der Waals surface area contributed by atoms with Crippen molar-refractivity contribution in [1.29, 1.82) is 0 Å². The summed E-state index contributed by atoms with van der Waals surface area (Å²) in [7, 11) is 1.67. The predicted molar refractivity (Wildman–Crippen MR) is 81.8 cm³/mol. The first-order valence-corrected chi connectivity index (χ1v) is 6.74. The Morgan fingerprint density at radius 1 is 1.05 bits per heavy atom. The molecule has 0 aliphatic carbocycles. The lowest BCUT2D eigenvalue weighted by Gasteiger charge is -2.17. The van der Waals surface area contributed by atoms with Crippen molar-refractivity contribution in [3.05, 3.63) is 78.4 Å². The van der Waals surface area contributed by atoms with E-state index in [4.69, 9.17) is 9.47 Å². The van der Waals surface area contributed by atoms with Crippen molar-refractivity contribution in [3.8, 4) is 5.75 Å². The first-order valence-electron chi connectivity index (χ1n) is 6.74. The molecule has 0 unspecified atom stereocenters. The molecule has 1 atom stereocenters. The third-order valence-corrected chi connectivity index (χ3v) is 3.16. The molecule has 0 fully saturated rings. The van der Waals surface area contributed by atoms with Gasteiger partial charge in [0.1, 0.15) is 5.75 Å². The van der Waals surface area contributed by atoms with Crippen LogP contribution in [0.1, 0.15) is 23.7 Å². The molecule has 0 aromatic heterocycles. The van der Waals surface area contributed by atoms with Crippen molar-refractivity contribution in [2.24, 2.45) is 0 Å². The normalized spacial score (nSPS) is 11.8. The Labute approximate surface area is 120 Å². The minimum atomic E-state index is 0.0517. The van der Waals surface area contributed by atoms with Crippen molar-refractivity contribution in [2.45, 2.75) is 19.1 Å². The molecule has 0 aliphatic heterocycles. The third-order valence-electron chi connectivity index (χ3n) is 3.16. The number of hydrogen-bond donors (Lipinski definition) is 0. The molecule has 2 aromatic carbocycles. The van der Waals surface area contributed by atoms with Gasteiger partial charge in [0.05, 0.1) is 19.8 Å². The first kappa shape index (κ1) is 14.4. The van der Waals surface area contributed by atoms with E-state index in [9.17, 15) is 0 Å². The maximum atomic E-state index is 6.02. The maximum Gasteiger partial charge on any atom is 0.118 e. The van der Waals surface area contributed by atoms with Gasteiger partial charge in [0, 0.05) is 0 Å². The molecule has 0 saturated heterocycles.